The standard InChI is InChI=1S/C20H17N7OS/c28-20(14-3-4-17-18(12-14)25-29-24-17)27-10-8-26(9-11-27)19-6-5-16(22-23-19)15-2-1-7-21-13-15/h1-7,12-13H,8-11H2. The third-order valence-corrected chi connectivity index (χ3v) is 5.56. The fourth-order valence-corrected chi connectivity index (χ4v) is 3.92. The number of carbonyl (C=O) groups is 1. The van der Waals surface area contributed by atoms with Crippen molar-refractivity contribution in [1.82, 2.24) is 28.8 Å². The van der Waals surface area contributed by atoms with E-state index in [1.807, 2.05) is 47.4 Å². The van der Waals surface area contributed by atoms with Crippen molar-refractivity contribution in [1.29, 1.82) is 0 Å². The van der Waals surface area contributed by atoms with Gasteiger partial charge in [-0.05, 0) is 42.5 Å². The number of piperazine rings is 1. The fourth-order valence-electron chi connectivity index (χ4n) is 3.40. The van der Waals surface area contributed by atoms with Gasteiger partial charge in [0.1, 0.15) is 11.0 Å². The maximum atomic E-state index is 12.8. The maximum absolute atomic E-state index is 12.8. The van der Waals surface area contributed by atoms with Crippen LogP contribution in [0.25, 0.3) is 22.3 Å². The topological polar surface area (TPSA) is 88.0 Å². The summed E-state index contributed by atoms with van der Waals surface area (Å²) < 4.78 is 8.40. The lowest BCUT2D eigenvalue weighted by Gasteiger charge is -2.35. The molecule has 1 aliphatic heterocycles. The number of nitrogens with zero attached hydrogens (tertiary/aromatic N) is 7. The van der Waals surface area contributed by atoms with E-state index in [1.54, 1.807) is 12.4 Å². The van der Waals surface area contributed by atoms with Crippen molar-refractivity contribution in [3.05, 3.63) is 60.4 Å². The van der Waals surface area contributed by atoms with Gasteiger partial charge in [0, 0.05) is 49.7 Å². The van der Waals surface area contributed by atoms with Crippen molar-refractivity contribution in [3.8, 4) is 11.3 Å². The van der Waals surface area contributed by atoms with Crippen molar-refractivity contribution in [2.24, 2.45) is 0 Å². The fraction of sp³-hybridized carbons (Fsp3) is 0.200. The van der Waals surface area contributed by atoms with Gasteiger partial charge >= 0.3 is 0 Å². The van der Waals surface area contributed by atoms with Crippen LogP contribution in [0.5, 0.6) is 0 Å². The predicted octanol–water partition coefficient (Wildman–Crippen LogP) is 2.51. The van der Waals surface area contributed by atoms with Crippen LogP contribution >= 0.6 is 11.7 Å². The van der Waals surface area contributed by atoms with Crippen LogP contribution < -0.4 is 4.90 Å². The molecule has 0 atom stereocenters. The molecule has 0 N–H and O–H groups in total. The average Bonchev–Trinajstić information content (AvgIpc) is 3.27. The van der Waals surface area contributed by atoms with Crippen LogP contribution in [0.15, 0.2) is 54.9 Å². The Hall–Kier alpha value is -3.46. The van der Waals surface area contributed by atoms with Gasteiger partial charge in [0.05, 0.1) is 17.4 Å². The molecule has 8 nitrogen and oxygen atoms in total. The largest absolute Gasteiger partial charge is 0.352 e. The van der Waals surface area contributed by atoms with Gasteiger partial charge < -0.3 is 9.80 Å². The van der Waals surface area contributed by atoms with Crippen molar-refractivity contribution in [3.63, 3.8) is 0 Å². The number of fused-ring (bicyclic) bond motifs is 1. The van der Waals surface area contributed by atoms with Crippen LogP contribution in [0.2, 0.25) is 0 Å². The molecule has 0 aliphatic carbocycles. The third kappa shape index (κ3) is 3.52. The highest BCUT2D eigenvalue weighted by molar-refractivity contribution is 7.00. The summed E-state index contributed by atoms with van der Waals surface area (Å²) in [6.07, 6.45) is 3.50. The first-order valence-corrected chi connectivity index (χ1v) is 10.0. The summed E-state index contributed by atoms with van der Waals surface area (Å²) in [4.78, 5) is 21.0. The highest BCUT2D eigenvalue weighted by Gasteiger charge is 2.23. The zero-order chi connectivity index (χ0) is 19.6. The van der Waals surface area contributed by atoms with E-state index in [0.29, 0.717) is 31.7 Å². The van der Waals surface area contributed by atoms with E-state index in [0.717, 1.165) is 39.8 Å². The van der Waals surface area contributed by atoms with Gasteiger partial charge in [0.15, 0.2) is 5.82 Å². The highest BCUT2D eigenvalue weighted by Crippen LogP contribution is 2.20. The minimum atomic E-state index is 0.0255. The summed E-state index contributed by atoms with van der Waals surface area (Å²) in [5.74, 6) is 0.845. The van der Waals surface area contributed by atoms with Gasteiger partial charge in [-0.2, -0.15) is 8.75 Å². The van der Waals surface area contributed by atoms with Crippen molar-refractivity contribution < 1.29 is 4.79 Å². The van der Waals surface area contributed by atoms with Crippen LogP contribution in [0.4, 0.5) is 5.82 Å². The summed E-state index contributed by atoms with van der Waals surface area (Å²) in [5.41, 5.74) is 3.98. The van der Waals surface area contributed by atoms with E-state index >= 15 is 0 Å². The van der Waals surface area contributed by atoms with Crippen LogP contribution in [-0.2, 0) is 0 Å². The van der Waals surface area contributed by atoms with Crippen molar-refractivity contribution in [2.75, 3.05) is 31.1 Å². The van der Waals surface area contributed by atoms with Crippen molar-refractivity contribution in [2.45, 2.75) is 0 Å². The average molecular weight is 403 g/mol. The molecule has 1 fully saturated rings. The number of hydrogen-bond acceptors (Lipinski definition) is 8. The minimum Gasteiger partial charge on any atom is -0.352 e. The monoisotopic (exact) mass is 403 g/mol. The Bertz CT molecular complexity index is 1140. The SMILES string of the molecule is O=C(c1ccc2nsnc2c1)N1CCN(c2ccc(-c3cccnc3)nn2)CC1. The van der Waals surface area contributed by atoms with Gasteiger partial charge in [-0.3, -0.25) is 9.78 Å². The minimum absolute atomic E-state index is 0.0255. The number of carbonyl (C=O) groups excluding carboxylic acids is 1. The van der Waals surface area contributed by atoms with Crippen LogP contribution in [-0.4, -0.2) is 60.9 Å². The molecular formula is C20H17N7OS. The zero-order valence-corrected chi connectivity index (χ0v) is 16.3. The van der Waals surface area contributed by atoms with Gasteiger partial charge in [0.25, 0.3) is 5.91 Å². The maximum Gasteiger partial charge on any atom is 0.254 e. The molecule has 5 rings (SSSR count). The third-order valence-electron chi connectivity index (χ3n) is 5.00. The van der Waals surface area contributed by atoms with E-state index < -0.39 is 0 Å². The number of anilines is 1. The number of rotatable bonds is 3. The second kappa shape index (κ2) is 7.51. The second-order valence-corrected chi connectivity index (χ2v) is 7.29. The van der Waals surface area contributed by atoms with Gasteiger partial charge in [0.2, 0.25) is 0 Å². The summed E-state index contributed by atoms with van der Waals surface area (Å²) in [5, 5.41) is 8.69. The Kier molecular flexibility index (Phi) is 4.57. The molecular weight excluding hydrogens is 386 g/mol. The van der Waals surface area contributed by atoms with Crippen LogP contribution in [0.3, 0.4) is 0 Å². The molecule has 0 saturated carbocycles. The molecule has 1 aliphatic rings. The molecule has 4 heterocycles. The lowest BCUT2D eigenvalue weighted by Crippen LogP contribution is -2.49. The van der Waals surface area contributed by atoms with E-state index in [9.17, 15) is 4.79 Å². The van der Waals surface area contributed by atoms with Gasteiger partial charge in [-0.25, -0.2) is 0 Å². The van der Waals surface area contributed by atoms with Crippen LogP contribution in [0, 0.1) is 0 Å². The number of aromatic nitrogens is 5. The van der Waals surface area contributed by atoms with Gasteiger partial charge in [-0.1, -0.05) is 0 Å². The first-order valence-electron chi connectivity index (χ1n) is 9.28. The highest BCUT2D eigenvalue weighted by atomic mass is 32.1. The molecule has 29 heavy (non-hydrogen) atoms. The van der Waals surface area contributed by atoms with E-state index in [4.69, 9.17) is 0 Å². The normalized spacial score (nSPS) is 14.3. The summed E-state index contributed by atoms with van der Waals surface area (Å²) in [7, 11) is 0. The van der Waals surface area contributed by atoms with E-state index in [-0.39, 0.29) is 5.91 Å². The predicted molar refractivity (Wildman–Crippen MR) is 111 cm³/mol. The molecule has 1 saturated heterocycles. The lowest BCUT2D eigenvalue weighted by molar-refractivity contribution is 0.0746. The Labute approximate surface area is 171 Å². The Morgan fingerprint density at radius 2 is 1.79 bits per heavy atom. The second-order valence-electron chi connectivity index (χ2n) is 6.77. The molecule has 9 heteroatoms. The number of amides is 1. The molecule has 0 unspecified atom stereocenters. The molecule has 144 valence electrons. The molecule has 0 spiro atoms. The number of benzene rings is 1. The Morgan fingerprint density at radius 3 is 2.55 bits per heavy atom. The number of pyridine rings is 1. The number of hydrogen-bond donors (Lipinski definition) is 0. The molecule has 0 radical (unpaired) electrons. The quantitative estimate of drug-likeness (QED) is 0.519. The van der Waals surface area contributed by atoms with Gasteiger partial charge in [-0.15, -0.1) is 10.2 Å². The first-order chi connectivity index (χ1) is 14.3. The smallest absolute Gasteiger partial charge is 0.254 e. The Morgan fingerprint density at radius 1 is 0.931 bits per heavy atom. The Balaban J connectivity index is 1.24. The summed E-state index contributed by atoms with van der Waals surface area (Å²) in [6.45, 7) is 2.71. The molecule has 1 amide bonds. The summed E-state index contributed by atoms with van der Waals surface area (Å²) >= 11 is 1.16. The first kappa shape index (κ1) is 17.6. The summed E-state index contributed by atoms with van der Waals surface area (Å²) in [6, 6.07) is 13.2. The lowest BCUT2D eigenvalue weighted by atomic mass is 10.1. The van der Waals surface area contributed by atoms with E-state index in [1.165, 1.54) is 0 Å². The van der Waals surface area contributed by atoms with Crippen LogP contribution in [0.1, 0.15) is 10.4 Å². The zero-order valence-electron chi connectivity index (χ0n) is 15.5. The molecule has 3 aromatic heterocycles. The molecule has 0 bridgehead atoms. The molecule has 4 aromatic rings. The van der Waals surface area contributed by atoms with Crippen molar-refractivity contribution >= 4 is 34.5 Å². The van der Waals surface area contributed by atoms with E-state index in [2.05, 4.69) is 28.8 Å². The molecule has 1 aromatic carbocycles.